The van der Waals surface area contributed by atoms with E-state index in [-0.39, 0.29) is 0 Å². The molecule has 0 N–H and O–H groups in total. The lowest BCUT2D eigenvalue weighted by atomic mass is 10.0. The first-order valence-electron chi connectivity index (χ1n) is 10.6. The van der Waals surface area contributed by atoms with Gasteiger partial charge in [-0.15, -0.1) is 10.2 Å². The first-order valence-corrected chi connectivity index (χ1v) is 10.9. The predicted molar refractivity (Wildman–Crippen MR) is 115 cm³/mol. The minimum absolute atomic E-state index is 0.297. The first-order chi connectivity index (χ1) is 15.2. The Morgan fingerprint density at radius 2 is 2.00 bits per heavy atom. The van der Waals surface area contributed by atoms with Crippen molar-refractivity contribution in [2.24, 2.45) is 0 Å². The van der Waals surface area contributed by atoms with Crippen molar-refractivity contribution in [2.75, 3.05) is 13.1 Å². The highest BCUT2D eigenvalue weighted by Gasteiger charge is 2.43. The van der Waals surface area contributed by atoms with Crippen molar-refractivity contribution in [3.05, 3.63) is 83.0 Å². The molecule has 0 aliphatic carbocycles. The molecule has 0 radical (unpaired) electrons. The van der Waals surface area contributed by atoms with Gasteiger partial charge < -0.3 is 9.47 Å². The molecular weight excluding hydrogens is 414 g/mol. The van der Waals surface area contributed by atoms with E-state index >= 15 is 0 Å². The third kappa shape index (κ3) is 3.38. The Balaban J connectivity index is 1.34. The number of pyridine rings is 1. The maximum atomic E-state index is 6.34. The molecular formula is C23H22ClN5O2. The summed E-state index contributed by atoms with van der Waals surface area (Å²) in [5.41, 5.74) is 3.21. The van der Waals surface area contributed by atoms with Gasteiger partial charge in [0.2, 0.25) is 0 Å². The summed E-state index contributed by atoms with van der Waals surface area (Å²) in [5.74, 6) is 1.35. The highest BCUT2D eigenvalue weighted by Crippen LogP contribution is 2.38. The highest BCUT2D eigenvalue weighted by molar-refractivity contribution is 6.30. The Morgan fingerprint density at radius 1 is 1.10 bits per heavy atom. The summed E-state index contributed by atoms with van der Waals surface area (Å²) in [5, 5.41) is 9.91. The Hall–Kier alpha value is -2.90. The molecule has 1 aromatic carbocycles. The number of halogens is 1. The number of hydrogen-bond acceptors (Lipinski definition) is 6. The molecule has 1 saturated heterocycles. The average Bonchev–Trinajstić information content (AvgIpc) is 3.49. The van der Waals surface area contributed by atoms with Crippen LogP contribution in [0.4, 0.5) is 0 Å². The number of fused-ring (bicyclic) bond motifs is 3. The number of hydrogen-bond donors (Lipinski definition) is 0. The van der Waals surface area contributed by atoms with Gasteiger partial charge in [-0.3, -0.25) is 14.5 Å². The van der Waals surface area contributed by atoms with Crippen molar-refractivity contribution in [2.45, 2.75) is 37.5 Å². The zero-order chi connectivity index (χ0) is 20.8. The van der Waals surface area contributed by atoms with E-state index in [1.807, 2.05) is 30.5 Å². The smallest absolute Gasteiger partial charge is 0.260 e. The van der Waals surface area contributed by atoms with Crippen LogP contribution in [0.15, 0.2) is 55.1 Å². The summed E-state index contributed by atoms with van der Waals surface area (Å²) in [6.45, 7) is 2.79. The summed E-state index contributed by atoms with van der Waals surface area (Å²) in [7, 11) is 0. The van der Waals surface area contributed by atoms with Crippen LogP contribution >= 0.6 is 11.6 Å². The normalized spacial score (nSPS) is 21.4. The molecule has 31 heavy (non-hydrogen) atoms. The average molecular weight is 436 g/mol. The monoisotopic (exact) mass is 435 g/mol. The first kappa shape index (κ1) is 18.8. The van der Waals surface area contributed by atoms with Crippen molar-refractivity contribution in [3.8, 4) is 5.69 Å². The largest absolute Gasteiger partial charge is 0.456 e. The second-order valence-corrected chi connectivity index (χ2v) is 8.83. The summed E-state index contributed by atoms with van der Waals surface area (Å²) in [6, 6.07) is 12.0. The van der Waals surface area contributed by atoms with Crippen LogP contribution in [-0.2, 0) is 28.9 Å². The topological polar surface area (TPSA) is 65.3 Å². The summed E-state index contributed by atoms with van der Waals surface area (Å²) in [4.78, 5) is 6.90. The predicted octanol–water partition coefficient (Wildman–Crippen LogP) is 3.62. The minimum Gasteiger partial charge on any atom is -0.456 e. The lowest BCUT2D eigenvalue weighted by Crippen LogP contribution is -2.35. The van der Waals surface area contributed by atoms with Gasteiger partial charge in [0.1, 0.15) is 24.2 Å². The summed E-state index contributed by atoms with van der Waals surface area (Å²) in [6.07, 6.45) is 7.20. The van der Waals surface area contributed by atoms with Crippen LogP contribution in [0.5, 0.6) is 0 Å². The van der Waals surface area contributed by atoms with Gasteiger partial charge in [-0.2, -0.15) is 0 Å². The van der Waals surface area contributed by atoms with E-state index in [9.17, 15) is 0 Å². The Labute approximate surface area is 185 Å². The molecule has 1 spiro atoms. The van der Waals surface area contributed by atoms with Gasteiger partial charge in [0.05, 0.1) is 24.2 Å². The number of benzene rings is 1. The van der Waals surface area contributed by atoms with E-state index in [1.54, 1.807) is 12.5 Å². The maximum absolute atomic E-state index is 6.34. The van der Waals surface area contributed by atoms with Gasteiger partial charge in [-0.1, -0.05) is 17.7 Å². The molecule has 2 aromatic heterocycles. The van der Waals surface area contributed by atoms with Gasteiger partial charge >= 0.3 is 0 Å². The van der Waals surface area contributed by atoms with E-state index < -0.39 is 5.79 Å². The van der Waals surface area contributed by atoms with E-state index in [4.69, 9.17) is 21.1 Å². The van der Waals surface area contributed by atoms with E-state index in [0.29, 0.717) is 23.8 Å². The molecule has 0 amide bonds. The Bertz CT molecular complexity index is 1140. The quantitative estimate of drug-likeness (QED) is 0.626. The third-order valence-electron chi connectivity index (χ3n) is 6.30. The SMILES string of the molecule is Clc1ccc2c(c1)CC1(Cc3nnc([C@@H]4CCN(Cc5ccccn5)C4)n3-2)OC=CO1. The zero-order valence-electron chi connectivity index (χ0n) is 16.9. The Morgan fingerprint density at radius 3 is 2.84 bits per heavy atom. The fraction of sp³-hybridized carbons (Fsp3) is 0.348. The second kappa shape index (κ2) is 7.35. The molecule has 6 rings (SSSR count). The van der Waals surface area contributed by atoms with Gasteiger partial charge in [0.25, 0.3) is 5.79 Å². The van der Waals surface area contributed by atoms with Gasteiger partial charge in [0.15, 0.2) is 0 Å². The van der Waals surface area contributed by atoms with Gasteiger partial charge in [0, 0.05) is 30.2 Å². The van der Waals surface area contributed by atoms with Crippen molar-refractivity contribution in [3.63, 3.8) is 0 Å². The number of rotatable bonds is 3. The number of aromatic nitrogens is 4. The van der Waals surface area contributed by atoms with E-state index in [0.717, 1.165) is 54.6 Å². The van der Waals surface area contributed by atoms with Crippen molar-refractivity contribution in [1.82, 2.24) is 24.6 Å². The molecule has 3 aromatic rings. The van der Waals surface area contributed by atoms with Gasteiger partial charge in [-0.25, -0.2) is 0 Å². The van der Waals surface area contributed by atoms with Crippen molar-refractivity contribution < 1.29 is 9.47 Å². The fourth-order valence-electron chi connectivity index (χ4n) is 4.88. The maximum Gasteiger partial charge on any atom is 0.260 e. The van der Waals surface area contributed by atoms with Crippen LogP contribution in [-0.4, -0.2) is 43.5 Å². The number of nitrogens with zero attached hydrogens (tertiary/aromatic N) is 5. The van der Waals surface area contributed by atoms with Crippen LogP contribution in [0.3, 0.4) is 0 Å². The molecule has 5 heterocycles. The molecule has 1 atom stereocenters. The lowest BCUT2D eigenvalue weighted by molar-refractivity contribution is -0.139. The fourth-order valence-corrected chi connectivity index (χ4v) is 5.08. The van der Waals surface area contributed by atoms with Gasteiger partial charge in [-0.05, 0) is 48.9 Å². The number of ether oxygens (including phenoxy) is 2. The molecule has 158 valence electrons. The molecule has 0 bridgehead atoms. The number of likely N-dealkylation sites (tertiary alicyclic amines) is 1. The zero-order valence-corrected chi connectivity index (χ0v) is 17.7. The van der Waals surface area contributed by atoms with Crippen LogP contribution in [0.25, 0.3) is 5.69 Å². The third-order valence-corrected chi connectivity index (χ3v) is 6.53. The van der Waals surface area contributed by atoms with Crippen LogP contribution in [0.1, 0.15) is 35.2 Å². The molecule has 3 aliphatic rings. The Kier molecular flexibility index (Phi) is 4.47. The molecule has 0 unspecified atom stereocenters. The molecule has 1 fully saturated rings. The summed E-state index contributed by atoms with van der Waals surface area (Å²) < 4.78 is 14.0. The van der Waals surface area contributed by atoms with Crippen molar-refractivity contribution in [1.29, 1.82) is 0 Å². The van der Waals surface area contributed by atoms with Crippen LogP contribution in [0, 0.1) is 0 Å². The molecule has 7 nitrogen and oxygen atoms in total. The van der Waals surface area contributed by atoms with Crippen LogP contribution < -0.4 is 0 Å². The van der Waals surface area contributed by atoms with Crippen molar-refractivity contribution >= 4 is 11.6 Å². The standard InChI is InChI=1S/C23H22ClN5O2/c24-18-4-5-20-17(11-18)12-23(30-9-10-31-23)13-21-26-27-22(29(20)21)16-6-8-28(14-16)15-19-3-1-2-7-25-19/h1-5,7,9-11,16H,6,8,12-15H2/t16-/m1/s1. The minimum atomic E-state index is -0.793. The van der Waals surface area contributed by atoms with E-state index in [2.05, 4.69) is 36.8 Å². The molecule has 3 aliphatic heterocycles. The summed E-state index contributed by atoms with van der Waals surface area (Å²) >= 11 is 6.34. The molecule has 0 saturated carbocycles. The molecule has 8 heteroatoms. The van der Waals surface area contributed by atoms with Crippen LogP contribution in [0.2, 0.25) is 5.02 Å². The highest BCUT2D eigenvalue weighted by atomic mass is 35.5. The van der Waals surface area contributed by atoms with E-state index in [1.165, 1.54) is 0 Å². The lowest BCUT2D eigenvalue weighted by Gasteiger charge is -2.25. The second-order valence-electron chi connectivity index (χ2n) is 8.40.